The van der Waals surface area contributed by atoms with E-state index in [0.717, 1.165) is 18.2 Å². The second kappa shape index (κ2) is 3.71. The molecular formula is C6H6N2O6S. The molecule has 9 heteroatoms. The van der Waals surface area contributed by atoms with Gasteiger partial charge in [0.15, 0.2) is 5.75 Å². The third-order valence-electron chi connectivity index (χ3n) is 1.40. The van der Waals surface area contributed by atoms with Gasteiger partial charge in [-0.15, -0.1) is 0 Å². The minimum Gasteiger partial charge on any atom is -0.393 e. The molecule has 0 saturated heterocycles. The number of hydrogen-bond acceptors (Lipinski definition) is 6. The standard InChI is InChI=1S/C6H6N2O6S/c7-5-2-1-4(14-15(11,12)13)3-6(5)8(9)10/h1-3H,7H2,(H,11,12,13). The Hall–Kier alpha value is -1.87. The Morgan fingerprint density at radius 1 is 1.47 bits per heavy atom. The molecule has 1 rings (SSSR count). The molecule has 0 heterocycles. The van der Waals surface area contributed by atoms with Crippen molar-refractivity contribution in [2.75, 3.05) is 5.73 Å². The largest absolute Gasteiger partial charge is 0.446 e. The molecule has 0 unspecified atom stereocenters. The molecule has 0 aliphatic rings. The molecule has 0 fully saturated rings. The van der Waals surface area contributed by atoms with Crippen molar-refractivity contribution in [3.8, 4) is 5.75 Å². The van der Waals surface area contributed by atoms with E-state index < -0.39 is 26.8 Å². The number of benzene rings is 1. The molecule has 0 atom stereocenters. The highest BCUT2D eigenvalue weighted by Crippen LogP contribution is 2.26. The molecule has 0 saturated carbocycles. The zero-order chi connectivity index (χ0) is 11.6. The fourth-order valence-corrected chi connectivity index (χ4v) is 1.20. The van der Waals surface area contributed by atoms with Crippen LogP contribution in [-0.2, 0) is 10.4 Å². The van der Waals surface area contributed by atoms with Crippen LogP contribution in [0.2, 0.25) is 0 Å². The topological polar surface area (TPSA) is 133 Å². The van der Waals surface area contributed by atoms with E-state index in [-0.39, 0.29) is 5.69 Å². The summed E-state index contributed by atoms with van der Waals surface area (Å²) in [5.74, 6) is -0.390. The van der Waals surface area contributed by atoms with Crippen molar-refractivity contribution >= 4 is 21.8 Å². The lowest BCUT2D eigenvalue weighted by molar-refractivity contribution is -0.383. The van der Waals surface area contributed by atoms with Crippen molar-refractivity contribution in [1.29, 1.82) is 0 Å². The summed E-state index contributed by atoms with van der Waals surface area (Å²) < 4.78 is 32.9. The van der Waals surface area contributed by atoms with Crippen LogP contribution in [0.1, 0.15) is 0 Å². The average molecular weight is 234 g/mol. The number of rotatable bonds is 3. The Morgan fingerprint density at radius 2 is 2.07 bits per heavy atom. The van der Waals surface area contributed by atoms with E-state index in [1.807, 2.05) is 0 Å². The third kappa shape index (κ3) is 3.07. The normalized spacial score (nSPS) is 11.0. The number of nitro groups is 1. The first-order valence-electron chi connectivity index (χ1n) is 3.50. The van der Waals surface area contributed by atoms with Crippen LogP contribution in [0, 0.1) is 10.1 Å². The lowest BCUT2D eigenvalue weighted by Crippen LogP contribution is -2.07. The predicted molar refractivity (Wildman–Crippen MR) is 49.7 cm³/mol. The number of nitrogen functional groups attached to an aromatic ring is 1. The number of nitrogens with zero attached hydrogens (tertiary/aromatic N) is 1. The van der Waals surface area contributed by atoms with E-state index in [2.05, 4.69) is 4.18 Å². The van der Waals surface area contributed by atoms with Crippen LogP contribution in [0.4, 0.5) is 11.4 Å². The number of nitrogens with two attached hydrogens (primary N) is 1. The Labute approximate surface area is 84.4 Å². The minimum absolute atomic E-state index is 0.136. The molecule has 0 aliphatic carbocycles. The Kier molecular flexibility index (Phi) is 2.77. The lowest BCUT2D eigenvalue weighted by Gasteiger charge is -2.02. The monoisotopic (exact) mass is 234 g/mol. The highest BCUT2D eigenvalue weighted by atomic mass is 32.3. The third-order valence-corrected chi connectivity index (χ3v) is 1.80. The van der Waals surface area contributed by atoms with Gasteiger partial charge < -0.3 is 9.92 Å². The molecule has 0 amide bonds. The quantitative estimate of drug-likeness (QED) is 0.333. The lowest BCUT2D eigenvalue weighted by atomic mass is 10.2. The molecule has 0 spiro atoms. The molecule has 0 aliphatic heterocycles. The Bertz CT molecular complexity index is 496. The molecule has 0 aromatic heterocycles. The summed E-state index contributed by atoms with van der Waals surface area (Å²) >= 11 is 0. The van der Waals surface area contributed by atoms with Gasteiger partial charge in [0.2, 0.25) is 0 Å². The van der Waals surface area contributed by atoms with Crippen molar-refractivity contribution in [2.45, 2.75) is 0 Å². The summed E-state index contributed by atoms with van der Waals surface area (Å²) in [6, 6.07) is 2.97. The highest BCUT2D eigenvalue weighted by Gasteiger charge is 2.15. The molecule has 8 nitrogen and oxygen atoms in total. The van der Waals surface area contributed by atoms with Gasteiger partial charge in [-0.3, -0.25) is 14.7 Å². The van der Waals surface area contributed by atoms with Crippen LogP contribution < -0.4 is 9.92 Å². The Balaban J connectivity index is 3.14. The van der Waals surface area contributed by atoms with Gasteiger partial charge in [0, 0.05) is 0 Å². The SMILES string of the molecule is Nc1ccc(OS(=O)(=O)O)cc1[N+](=O)[O-]. The van der Waals surface area contributed by atoms with Crippen molar-refractivity contribution in [3.63, 3.8) is 0 Å². The van der Waals surface area contributed by atoms with E-state index in [1.165, 1.54) is 0 Å². The number of hydrogen-bond donors (Lipinski definition) is 2. The highest BCUT2D eigenvalue weighted by molar-refractivity contribution is 7.81. The number of nitro benzene ring substituents is 1. The van der Waals surface area contributed by atoms with Crippen LogP contribution in [0.3, 0.4) is 0 Å². The fraction of sp³-hybridized carbons (Fsp3) is 0. The Morgan fingerprint density at radius 3 is 2.53 bits per heavy atom. The first-order chi connectivity index (χ1) is 6.79. The van der Waals surface area contributed by atoms with Gasteiger partial charge in [0.1, 0.15) is 5.69 Å². The average Bonchev–Trinajstić information content (AvgIpc) is 2.05. The van der Waals surface area contributed by atoms with Crippen LogP contribution >= 0.6 is 0 Å². The first kappa shape index (κ1) is 11.2. The second-order valence-corrected chi connectivity index (χ2v) is 3.51. The van der Waals surface area contributed by atoms with Crippen LogP contribution in [-0.4, -0.2) is 17.9 Å². The van der Waals surface area contributed by atoms with Crippen LogP contribution in [0.25, 0.3) is 0 Å². The van der Waals surface area contributed by atoms with E-state index in [0.29, 0.717) is 0 Å². The van der Waals surface area contributed by atoms with Crippen LogP contribution in [0.15, 0.2) is 18.2 Å². The molecule has 0 radical (unpaired) electrons. The van der Waals surface area contributed by atoms with Gasteiger partial charge in [-0.05, 0) is 12.1 Å². The summed E-state index contributed by atoms with van der Waals surface area (Å²) in [4.78, 5) is 9.60. The van der Waals surface area contributed by atoms with Crippen molar-refractivity contribution in [1.82, 2.24) is 0 Å². The molecular weight excluding hydrogens is 228 g/mol. The van der Waals surface area contributed by atoms with E-state index in [4.69, 9.17) is 10.3 Å². The molecule has 0 bridgehead atoms. The maximum Gasteiger partial charge on any atom is 0.446 e. The van der Waals surface area contributed by atoms with Crippen molar-refractivity contribution in [3.05, 3.63) is 28.3 Å². The van der Waals surface area contributed by atoms with Crippen LogP contribution in [0.5, 0.6) is 5.75 Å². The maximum atomic E-state index is 10.4. The van der Waals surface area contributed by atoms with Gasteiger partial charge in [-0.25, -0.2) is 0 Å². The smallest absolute Gasteiger partial charge is 0.393 e. The first-order valence-corrected chi connectivity index (χ1v) is 4.87. The summed E-state index contributed by atoms with van der Waals surface area (Å²) in [6.07, 6.45) is 0. The summed E-state index contributed by atoms with van der Waals surface area (Å²) in [6.45, 7) is 0. The van der Waals surface area contributed by atoms with Gasteiger partial charge in [0.05, 0.1) is 11.0 Å². The zero-order valence-corrected chi connectivity index (χ0v) is 7.97. The molecule has 3 N–H and O–H groups in total. The van der Waals surface area contributed by atoms with E-state index in [1.54, 1.807) is 0 Å². The van der Waals surface area contributed by atoms with Crippen molar-refractivity contribution < 1.29 is 22.1 Å². The fourth-order valence-electron chi connectivity index (χ4n) is 0.855. The van der Waals surface area contributed by atoms with E-state index >= 15 is 0 Å². The van der Waals surface area contributed by atoms with E-state index in [9.17, 15) is 18.5 Å². The van der Waals surface area contributed by atoms with Crippen molar-refractivity contribution in [2.24, 2.45) is 0 Å². The minimum atomic E-state index is -4.70. The molecule has 1 aromatic rings. The molecule has 1 aromatic carbocycles. The number of anilines is 1. The molecule has 15 heavy (non-hydrogen) atoms. The summed E-state index contributed by atoms with van der Waals surface area (Å²) in [7, 11) is -4.70. The summed E-state index contributed by atoms with van der Waals surface area (Å²) in [5, 5.41) is 10.4. The van der Waals surface area contributed by atoms with Gasteiger partial charge in [-0.1, -0.05) is 0 Å². The van der Waals surface area contributed by atoms with Gasteiger partial charge >= 0.3 is 10.4 Å². The molecule has 82 valence electrons. The second-order valence-electron chi connectivity index (χ2n) is 2.49. The summed E-state index contributed by atoms with van der Waals surface area (Å²) in [5.41, 5.74) is 4.60. The predicted octanol–water partition coefficient (Wildman–Crippen LogP) is 0.359. The van der Waals surface area contributed by atoms with Gasteiger partial charge in [-0.2, -0.15) is 8.42 Å². The maximum absolute atomic E-state index is 10.4. The zero-order valence-electron chi connectivity index (χ0n) is 7.15. The van der Waals surface area contributed by atoms with Gasteiger partial charge in [0.25, 0.3) is 5.69 Å².